The molecule has 19 heavy (non-hydrogen) atoms. The predicted molar refractivity (Wildman–Crippen MR) is 65.9 cm³/mol. The van der Waals surface area contributed by atoms with Crippen LogP contribution >= 0.6 is 0 Å². The van der Waals surface area contributed by atoms with Gasteiger partial charge in [0.2, 0.25) is 11.8 Å². The summed E-state index contributed by atoms with van der Waals surface area (Å²) in [7, 11) is 0. The molecule has 2 N–H and O–H groups in total. The molecule has 0 aliphatic rings. The van der Waals surface area contributed by atoms with E-state index in [2.05, 4.69) is 4.98 Å². The first-order valence-corrected chi connectivity index (χ1v) is 5.24. The van der Waals surface area contributed by atoms with Gasteiger partial charge in [-0.2, -0.15) is 0 Å². The lowest BCUT2D eigenvalue weighted by Crippen LogP contribution is -2.10. The van der Waals surface area contributed by atoms with E-state index in [1.807, 2.05) is 0 Å². The quantitative estimate of drug-likeness (QED) is 0.666. The van der Waals surface area contributed by atoms with E-state index >= 15 is 0 Å². The van der Waals surface area contributed by atoms with Crippen molar-refractivity contribution in [3.05, 3.63) is 58.3 Å². The number of carbonyl (C=O) groups excluding carboxylic acids is 1. The first-order valence-electron chi connectivity index (χ1n) is 5.24. The summed E-state index contributed by atoms with van der Waals surface area (Å²) in [6, 6.07) is 8.90. The van der Waals surface area contributed by atoms with Crippen molar-refractivity contribution >= 4 is 11.6 Å². The average Bonchev–Trinajstić information content (AvgIpc) is 2.39. The van der Waals surface area contributed by atoms with Gasteiger partial charge in [0.05, 0.1) is 4.92 Å². The monoisotopic (exact) mass is 259 g/mol. The van der Waals surface area contributed by atoms with Gasteiger partial charge in [-0.25, -0.2) is 4.98 Å². The van der Waals surface area contributed by atoms with Crippen LogP contribution in [0.25, 0.3) is 0 Å². The van der Waals surface area contributed by atoms with Crippen molar-refractivity contribution in [2.75, 3.05) is 0 Å². The molecule has 0 fully saturated rings. The molecule has 1 aromatic heterocycles. The Hall–Kier alpha value is -2.96. The second-order valence-electron chi connectivity index (χ2n) is 3.61. The number of benzene rings is 1. The highest BCUT2D eigenvalue weighted by Crippen LogP contribution is 2.21. The molecule has 7 heteroatoms. The van der Waals surface area contributed by atoms with Crippen LogP contribution in [-0.4, -0.2) is 15.8 Å². The van der Waals surface area contributed by atoms with Crippen molar-refractivity contribution in [1.82, 2.24) is 4.98 Å². The van der Waals surface area contributed by atoms with Crippen LogP contribution in [0.15, 0.2) is 42.6 Å². The molecule has 0 spiro atoms. The lowest BCUT2D eigenvalue weighted by Gasteiger charge is -2.05. The maximum atomic E-state index is 11.0. The summed E-state index contributed by atoms with van der Waals surface area (Å²) >= 11 is 0. The molecule has 0 saturated carbocycles. The molecule has 0 bridgehead atoms. The Labute approximate surface area is 107 Å². The maximum absolute atomic E-state index is 11.0. The summed E-state index contributed by atoms with van der Waals surface area (Å²) in [4.78, 5) is 24.7. The molecular formula is C12H9N3O4. The largest absolute Gasteiger partial charge is 0.439 e. The van der Waals surface area contributed by atoms with Crippen molar-refractivity contribution in [3.8, 4) is 11.6 Å². The van der Waals surface area contributed by atoms with Crippen molar-refractivity contribution in [2.45, 2.75) is 0 Å². The van der Waals surface area contributed by atoms with Crippen molar-refractivity contribution in [3.63, 3.8) is 0 Å². The number of hydrogen-bond acceptors (Lipinski definition) is 5. The fraction of sp³-hybridized carbons (Fsp3) is 0. The fourth-order valence-electron chi connectivity index (χ4n) is 1.37. The molecule has 0 saturated heterocycles. The molecule has 0 atom stereocenters. The second kappa shape index (κ2) is 5.13. The molecular weight excluding hydrogens is 250 g/mol. The van der Waals surface area contributed by atoms with Crippen LogP contribution in [0.4, 0.5) is 5.69 Å². The van der Waals surface area contributed by atoms with Gasteiger partial charge in [-0.15, -0.1) is 0 Å². The average molecular weight is 259 g/mol. The van der Waals surface area contributed by atoms with Gasteiger partial charge in [-0.05, 0) is 18.2 Å². The minimum atomic E-state index is -0.567. The van der Waals surface area contributed by atoms with Crippen molar-refractivity contribution in [2.24, 2.45) is 5.73 Å². The van der Waals surface area contributed by atoms with Crippen LogP contribution in [0.2, 0.25) is 0 Å². The molecule has 0 radical (unpaired) electrons. The van der Waals surface area contributed by atoms with E-state index in [1.165, 1.54) is 18.2 Å². The van der Waals surface area contributed by atoms with Crippen LogP contribution in [-0.2, 0) is 0 Å². The molecule has 1 aromatic carbocycles. The van der Waals surface area contributed by atoms with Crippen LogP contribution in [0, 0.1) is 10.1 Å². The predicted octanol–water partition coefficient (Wildman–Crippen LogP) is 1.88. The number of hydrogen-bond donors (Lipinski definition) is 1. The Morgan fingerprint density at radius 3 is 2.68 bits per heavy atom. The van der Waals surface area contributed by atoms with Gasteiger partial charge in [0.15, 0.2) is 0 Å². The smallest absolute Gasteiger partial charge is 0.287 e. The summed E-state index contributed by atoms with van der Waals surface area (Å²) in [6.07, 6.45) is 1.09. The van der Waals surface area contributed by atoms with Gasteiger partial charge in [0.1, 0.15) is 11.9 Å². The zero-order valence-corrected chi connectivity index (χ0v) is 9.65. The minimum Gasteiger partial charge on any atom is -0.439 e. The van der Waals surface area contributed by atoms with Crippen LogP contribution in [0.1, 0.15) is 10.4 Å². The van der Waals surface area contributed by atoms with E-state index in [1.54, 1.807) is 18.2 Å². The van der Waals surface area contributed by atoms with E-state index in [-0.39, 0.29) is 11.6 Å². The first kappa shape index (κ1) is 12.5. The Balaban J connectivity index is 2.19. The highest BCUT2D eigenvalue weighted by molar-refractivity contribution is 5.93. The number of nitrogens with zero attached hydrogens (tertiary/aromatic N) is 2. The molecule has 2 aromatic rings. The summed E-state index contributed by atoms with van der Waals surface area (Å²) < 4.78 is 5.36. The number of pyridine rings is 1. The summed E-state index contributed by atoms with van der Waals surface area (Å²) in [6.45, 7) is 0. The Morgan fingerprint density at radius 2 is 2.11 bits per heavy atom. The number of carbonyl (C=O) groups is 1. The number of amides is 1. The van der Waals surface area contributed by atoms with Crippen molar-refractivity contribution < 1.29 is 14.5 Å². The Bertz CT molecular complexity index is 625. The second-order valence-corrected chi connectivity index (χ2v) is 3.61. The number of nitro groups is 1. The SMILES string of the molecule is NC(=O)c1cccc(Oc2ccc([N+](=O)[O-])cn2)c1. The molecule has 0 aliphatic heterocycles. The molecule has 1 heterocycles. The number of nitrogens with two attached hydrogens (primary N) is 1. The summed E-state index contributed by atoms with van der Waals surface area (Å²) in [5.74, 6) is -0.00742. The van der Waals surface area contributed by atoms with Gasteiger partial charge in [0, 0.05) is 17.7 Å². The maximum Gasteiger partial charge on any atom is 0.287 e. The van der Waals surface area contributed by atoms with E-state index in [9.17, 15) is 14.9 Å². The van der Waals surface area contributed by atoms with Gasteiger partial charge in [-0.3, -0.25) is 14.9 Å². The number of aromatic nitrogens is 1. The Morgan fingerprint density at radius 1 is 1.32 bits per heavy atom. The highest BCUT2D eigenvalue weighted by Gasteiger charge is 2.07. The van der Waals surface area contributed by atoms with Crippen LogP contribution < -0.4 is 10.5 Å². The minimum absolute atomic E-state index is 0.127. The van der Waals surface area contributed by atoms with Gasteiger partial charge in [-0.1, -0.05) is 6.07 Å². The molecule has 0 unspecified atom stereocenters. The number of rotatable bonds is 4. The topological polar surface area (TPSA) is 108 Å². The van der Waals surface area contributed by atoms with E-state index < -0.39 is 10.8 Å². The molecule has 0 aliphatic carbocycles. The van der Waals surface area contributed by atoms with Gasteiger partial charge < -0.3 is 10.5 Å². The molecule has 7 nitrogen and oxygen atoms in total. The van der Waals surface area contributed by atoms with Crippen LogP contribution in [0.5, 0.6) is 11.6 Å². The van der Waals surface area contributed by atoms with Gasteiger partial charge >= 0.3 is 0 Å². The summed E-state index contributed by atoms with van der Waals surface area (Å²) in [5.41, 5.74) is 5.32. The standard InChI is InChI=1S/C12H9N3O4/c13-12(16)8-2-1-3-10(6-8)19-11-5-4-9(7-14-11)15(17)18/h1-7H,(H2,13,16). The normalized spacial score (nSPS) is 9.89. The molecule has 96 valence electrons. The molecule has 1 amide bonds. The number of primary amides is 1. The summed E-state index contributed by atoms with van der Waals surface area (Å²) in [5, 5.41) is 10.5. The third-order valence-corrected chi connectivity index (χ3v) is 2.27. The zero-order valence-electron chi connectivity index (χ0n) is 9.65. The third kappa shape index (κ3) is 3.03. The lowest BCUT2D eigenvalue weighted by molar-refractivity contribution is -0.385. The first-order chi connectivity index (χ1) is 9.06. The van der Waals surface area contributed by atoms with E-state index in [4.69, 9.17) is 10.5 Å². The Kier molecular flexibility index (Phi) is 3.37. The third-order valence-electron chi connectivity index (χ3n) is 2.27. The van der Waals surface area contributed by atoms with Crippen molar-refractivity contribution in [1.29, 1.82) is 0 Å². The highest BCUT2D eigenvalue weighted by atomic mass is 16.6. The van der Waals surface area contributed by atoms with E-state index in [0.717, 1.165) is 6.20 Å². The lowest BCUT2D eigenvalue weighted by atomic mass is 10.2. The van der Waals surface area contributed by atoms with Gasteiger partial charge in [0.25, 0.3) is 5.69 Å². The van der Waals surface area contributed by atoms with Crippen LogP contribution in [0.3, 0.4) is 0 Å². The zero-order chi connectivity index (χ0) is 13.8. The fourth-order valence-corrected chi connectivity index (χ4v) is 1.37. The number of ether oxygens (including phenoxy) is 1. The van der Waals surface area contributed by atoms with E-state index in [0.29, 0.717) is 11.3 Å². The molecule has 2 rings (SSSR count).